The summed E-state index contributed by atoms with van der Waals surface area (Å²) in [6, 6.07) is 16.1. The van der Waals surface area contributed by atoms with Crippen LogP contribution in [0, 0.1) is 0 Å². The number of hydrogen-bond acceptors (Lipinski definition) is 4. The molecule has 0 aliphatic carbocycles. The van der Waals surface area contributed by atoms with E-state index in [0.29, 0.717) is 18.0 Å². The number of nitrogens with one attached hydrogen (secondary N) is 2. The van der Waals surface area contributed by atoms with E-state index >= 15 is 0 Å². The van der Waals surface area contributed by atoms with Gasteiger partial charge < -0.3 is 10.3 Å². The summed E-state index contributed by atoms with van der Waals surface area (Å²) < 4.78 is 23.9. The van der Waals surface area contributed by atoms with Gasteiger partial charge in [-0.25, -0.2) is 8.42 Å². The molecule has 3 aromatic rings. The molecule has 0 saturated carbocycles. The van der Waals surface area contributed by atoms with Gasteiger partial charge in [-0.1, -0.05) is 48.0 Å². The molecule has 1 amide bonds. The summed E-state index contributed by atoms with van der Waals surface area (Å²) in [6.07, 6.45) is 0.449. The van der Waals surface area contributed by atoms with Gasteiger partial charge in [0.05, 0.1) is 23.6 Å². The van der Waals surface area contributed by atoms with Gasteiger partial charge in [0, 0.05) is 40.1 Å². The van der Waals surface area contributed by atoms with Gasteiger partial charge >= 0.3 is 0 Å². The number of para-hydroxylation sites is 1. The first-order valence-corrected chi connectivity index (χ1v) is 13.5. The summed E-state index contributed by atoms with van der Waals surface area (Å²) in [5.74, 6) is -0.0257. The van der Waals surface area contributed by atoms with Gasteiger partial charge in [0.15, 0.2) is 9.84 Å². The molecule has 174 valence electrons. The molecule has 6 nitrogen and oxygen atoms in total. The van der Waals surface area contributed by atoms with E-state index in [1.165, 1.54) is 10.9 Å². The predicted octanol–water partition coefficient (Wildman–Crippen LogP) is 4.02. The number of sulfone groups is 1. The molecule has 3 heterocycles. The monoisotopic (exact) mass is 485 g/mol. The molecular weight excluding hydrogens is 458 g/mol. The molecule has 2 N–H and O–H groups in total. The normalized spacial score (nSPS) is 26.9. The van der Waals surface area contributed by atoms with Crippen LogP contribution in [0.2, 0.25) is 5.02 Å². The third-order valence-electron chi connectivity index (χ3n) is 7.08. The van der Waals surface area contributed by atoms with Gasteiger partial charge in [-0.15, -0.1) is 0 Å². The van der Waals surface area contributed by atoms with Crippen LogP contribution in [-0.4, -0.2) is 54.3 Å². The minimum Gasteiger partial charge on any atom is -0.357 e. The number of aromatic amines is 1. The number of hydrogen-bond donors (Lipinski definition) is 2. The predicted molar refractivity (Wildman–Crippen MR) is 131 cm³/mol. The zero-order valence-corrected chi connectivity index (χ0v) is 20.3. The highest BCUT2D eigenvalue weighted by Gasteiger charge is 2.41. The fourth-order valence-corrected chi connectivity index (χ4v) is 7.80. The molecule has 1 fully saturated rings. The van der Waals surface area contributed by atoms with Gasteiger partial charge in [-0.3, -0.25) is 9.69 Å². The van der Waals surface area contributed by atoms with Crippen molar-refractivity contribution >= 4 is 38.2 Å². The third-order valence-corrected chi connectivity index (χ3v) is 9.33. The van der Waals surface area contributed by atoms with Crippen molar-refractivity contribution in [3.8, 4) is 0 Å². The average molecular weight is 486 g/mol. The zero-order chi connectivity index (χ0) is 23.4. The van der Waals surface area contributed by atoms with E-state index in [1.54, 1.807) is 0 Å². The number of rotatable bonds is 4. The molecule has 5 rings (SSSR count). The third kappa shape index (κ3) is 4.18. The molecule has 8 heteroatoms. The van der Waals surface area contributed by atoms with Crippen LogP contribution in [0.1, 0.15) is 49.0 Å². The highest BCUT2D eigenvalue weighted by Crippen LogP contribution is 2.44. The van der Waals surface area contributed by atoms with Crippen LogP contribution in [-0.2, 0) is 14.6 Å². The van der Waals surface area contributed by atoms with E-state index in [0.717, 1.165) is 16.8 Å². The molecule has 1 aromatic heterocycles. The zero-order valence-electron chi connectivity index (χ0n) is 18.8. The smallest absolute Gasteiger partial charge is 0.234 e. The Hall–Kier alpha value is -2.35. The summed E-state index contributed by atoms with van der Waals surface area (Å²) in [6.45, 7) is 4.75. The number of amides is 1. The van der Waals surface area contributed by atoms with Gasteiger partial charge in [0.25, 0.3) is 0 Å². The van der Waals surface area contributed by atoms with Crippen LogP contribution in [0.25, 0.3) is 10.9 Å². The van der Waals surface area contributed by atoms with Crippen molar-refractivity contribution in [2.24, 2.45) is 0 Å². The molecule has 0 radical (unpaired) electrons. The van der Waals surface area contributed by atoms with Crippen LogP contribution in [0.5, 0.6) is 0 Å². The van der Waals surface area contributed by atoms with Crippen molar-refractivity contribution in [2.75, 3.05) is 24.6 Å². The number of fused-ring (bicyclic) bond motifs is 3. The Bertz CT molecular complexity index is 1340. The van der Waals surface area contributed by atoms with Crippen molar-refractivity contribution in [3.63, 3.8) is 0 Å². The van der Waals surface area contributed by atoms with E-state index in [1.807, 2.05) is 37.3 Å². The second-order valence-corrected chi connectivity index (χ2v) is 12.2. The molecule has 0 unspecified atom stereocenters. The summed E-state index contributed by atoms with van der Waals surface area (Å²) in [7, 11) is -3.10. The van der Waals surface area contributed by atoms with Gasteiger partial charge in [0.2, 0.25) is 5.91 Å². The first kappa shape index (κ1) is 22.4. The van der Waals surface area contributed by atoms with Crippen LogP contribution in [0.15, 0.2) is 48.5 Å². The lowest BCUT2D eigenvalue weighted by atomic mass is 9.83. The Labute approximate surface area is 199 Å². The maximum absolute atomic E-state index is 13.0. The van der Waals surface area contributed by atoms with E-state index in [4.69, 9.17) is 11.6 Å². The molecule has 0 spiro atoms. The van der Waals surface area contributed by atoms with Crippen molar-refractivity contribution in [2.45, 2.75) is 37.8 Å². The number of carbonyl (C=O) groups is 1. The van der Waals surface area contributed by atoms with E-state index < -0.39 is 15.4 Å². The molecule has 1 saturated heterocycles. The standard InChI is InChI=1S/C25H28ClN3O3S/c1-16-24-23(18-8-4-6-10-21(18)27-24)19(17-7-3-5-9-20(17)26)13-29(16)14-22(30)28-25(2)11-12-33(31,32)15-25/h3-10,16,19,27H,11-15H2,1-2H3,(H,28,30)/t16-,19-,25-/m1/s1. The lowest BCUT2D eigenvalue weighted by Gasteiger charge is -2.38. The molecule has 33 heavy (non-hydrogen) atoms. The fraction of sp³-hybridized carbons (Fsp3) is 0.400. The minimum atomic E-state index is -3.10. The molecule has 0 bridgehead atoms. The molecular formula is C25H28ClN3O3S. The van der Waals surface area contributed by atoms with Crippen molar-refractivity contribution in [1.29, 1.82) is 0 Å². The van der Waals surface area contributed by atoms with Gasteiger partial charge in [-0.05, 0) is 43.5 Å². The summed E-state index contributed by atoms with van der Waals surface area (Å²) in [5.41, 5.74) is 3.73. The number of H-pyrrole nitrogens is 1. The Morgan fingerprint density at radius 3 is 2.67 bits per heavy atom. The van der Waals surface area contributed by atoms with Crippen LogP contribution in [0.3, 0.4) is 0 Å². The first-order chi connectivity index (χ1) is 15.7. The summed E-state index contributed by atoms with van der Waals surface area (Å²) >= 11 is 6.63. The average Bonchev–Trinajstić information content (AvgIpc) is 3.27. The number of halogens is 1. The summed E-state index contributed by atoms with van der Waals surface area (Å²) in [4.78, 5) is 18.8. The van der Waals surface area contributed by atoms with E-state index in [9.17, 15) is 13.2 Å². The maximum atomic E-state index is 13.0. The fourth-order valence-electron chi connectivity index (χ4n) is 5.44. The Balaban J connectivity index is 1.48. The van der Waals surface area contributed by atoms with E-state index in [2.05, 4.69) is 40.3 Å². The minimum absolute atomic E-state index is 0.00277. The van der Waals surface area contributed by atoms with E-state index in [-0.39, 0.29) is 35.9 Å². The van der Waals surface area contributed by atoms with Crippen LogP contribution < -0.4 is 5.32 Å². The number of aromatic nitrogens is 1. The highest BCUT2D eigenvalue weighted by molar-refractivity contribution is 7.91. The molecule has 3 atom stereocenters. The second kappa shape index (κ2) is 8.15. The lowest BCUT2D eigenvalue weighted by molar-refractivity contribution is -0.124. The molecule has 2 aliphatic rings. The van der Waals surface area contributed by atoms with Crippen LogP contribution >= 0.6 is 11.6 Å². The Morgan fingerprint density at radius 2 is 1.94 bits per heavy atom. The molecule has 2 aromatic carbocycles. The van der Waals surface area contributed by atoms with Gasteiger partial charge in [0.1, 0.15) is 0 Å². The topological polar surface area (TPSA) is 82.3 Å². The second-order valence-electron chi connectivity index (χ2n) is 9.63. The van der Waals surface area contributed by atoms with Gasteiger partial charge in [-0.2, -0.15) is 0 Å². The summed E-state index contributed by atoms with van der Waals surface area (Å²) in [5, 5.41) is 4.89. The SMILES string of the molecule is C[C@@H]1c2[nH]c3ccccc3c2[C@@H](c2ccccc2Cl)CN1CC(=O)N[C@]1(C)CCS(=O)(=O)C1. The highest BCUT2D eigenvalue weighted by atomic mass is 35.5. The van der Waals surface area contributed by atoms with Crippen LogP contribution in [0.4, 0.5) is 0 Å². The Kier molecular flexibility index (Phi) is 5.54. The number of benzene rings is 2. The quantitative estimate of drug-likeness (QED) is 0.584. The maximum Gasteiger partial charge on any atom is 0.234 e. The van der Waals surface area contributed by atoms with Crippen molar-refractivity contribution in [1.82, 2.24) is 15.2 Å². The Morgan fingerprint density at radius 1 is 1.21 bits per heavy atom. The largest absolute Gasteiger partial charge is 0.357 e. The lowest BCUT2D eigenvalue weighted by Crippen LogP contribution is -2.51. The van der Waals surface area contributed by atoms with Crippen molar-refractivity contribution < 1.29 is 13.2 Å². The number of nitrogens with zero attached hydrogens (tertiary/aromatic N) is 1. The number of carbonyl (C=O) groups excluding carboxylic acids is 1. The van der Waals surface area contributed by atoms with Crippen molar-refractivity contribution in [3.05, 3.63) is 70.4 Å². The molecule has 2 aliphatic heterocycles. The first-order valence-electron chi connectivity index (χ1n) is 11.3.